The second-order valence-corrected chi connectivity index (χ2v) is 4.39. The van der Waals surface area contributed by atoms with Gasteiger partial charge >= 0.3 is 0 Å². The molecule has 0 radical (unpaired) electrons. The summed E-state index contributed by atoms with van der Waals surface area (Å²) in [6.07, 6.45) is 2.60. The van der Waals surface area contributed by atoms with Crippen molar-refractivity contribution in [1.82, 2.24) is 0 Å². The molecule has 1 aliphatic heterocycles. The molecule has 0 bridgehead atoms. The maximum absolute atomic E-state index is 5.86. The third-order valence-electron chi connectivity index (χ3n) is 2.08. The van der Waals surface area contributed by atoms with Gasteiger partial charge in [0.05, 0.1) is 0 Å². The van der Waals surface area contributed by atoms with Crippen molar-refractivity contribution in [3.63, 3.8) is 0 Å². The van der Waals surface area contributed by atoms with Gasteiger partial charge in [-0.15, -0.1) is 0 Å². The topological polar surface area (TPSA) is 26.0 Å². The lowest BCUT2D eigenvalue weighted by atomic mass is 9.96. The van der Waals surface area contributed by atoms with Gasteiger partial charge in [-0.2, -0.15) is 24.4 Å². The van der Waals surface area contributed by atoms with E-state index in [4.69, 9.17) is 5.73 Å². The Balaban J connectivity index is 2.24. The summed E-state index contributed by atoms with van der Waals surface area (Å²) in [7, 11) is 0. The van der Waals surface area contributed by atoms with Crippen LogP contribution >= 0.6 is 24.4 Å². The maximum atomic E-state index is 5.86. The fourth-order valence-corrected chi connectivity index (χ4v) is 2.73. The molecular formula is C7H15NS2. The maximum Gasteiger partial charge on any atom is 0.0157 e. The lowest BCUT2D eigenvalue weighted by Crippen LogP contribution is -2.34. The van der Waals surface area contributed by atoms with Gasteiger partial charge in [0.1, 0.15) is 0 Å². The van der Waals surface area contributed by atoms with E-state index < -0.39 is 0 Å². The molecule has 1 saturated heterocycles. The Morgan fingerprint density at radius 2 is 2.10 bits per heavy atom. The molecule has 1 atom stereocenters. The van der Waals surface area contributed by atoms with E-state index in [9.17, 15) is 0 Å². The molecule has 1 unspecified atom stereocenters. The quantitative estimate of drug-likeness (QED) is 0.623. The van der Waals surface area contributed by atoms with Crippen molar-refractivity contribution in [1.29, 1.82) is 0 Å². The first-order valence-electron chi connectivity index (χ1n) is 3.78. The van der Waals surface area contributed by atoms with Gasteiger partial charge in [0.2, 0.25) is 0 Å². The Bertz CT molecular complexity index is 91.6. The molecule has 0 saturated carbocycles. The minimum atomic E-state index is 0.337. The van der Waals surface area contributed by atoms with Crippen LogP contribution in [0.4, 0.5) is 0 Å². The van der Waals surface area contributed by atoms with Crippen LogP contribution in [-0.2, 0) is 0 Å². The average Bonchev–Trinajstić information content (AvgIpc) is 2.05. The second kappa shape index (κ2) is 4.52. The SMILES string of the molecule is NC(CS)C1CCSCC1. The van der Waals surface area contributed by atoms with Crippen molar-refractivity contribution in [2.45, 2.75) is 18.9 Å². The van der Waals surface area contributed by atoms with E-state index in [0.29, 0.717) is 6.04 Å². The van der Waals surface area contributed by atoms with Crippen molar-refractivity contribution in [3.05, 3.63) is 0 Å². The molecule has 0 aliphatic carbocycles. The molecule has 0 aromatic carbocycles. The molecule has 1 rings (SSSR count). The van der Waals surface area contributed by atoms with E-state index in [0.717, 1.165) is 11.7 Å². The number of thiol groups is 1. The van der Waals surface area contributed by atoms with E-state index in [1.54, 1.807) is 0 Å². The molecule has 10 heavy (non-hydrogen) atoms. The van der Waals surface area contributed by atoms with Crippen LogP contribution in [0.25, 0.3) is 0 Å². The van der Waals surface area contributed by atoms with Crippen molar-refractivity contribution in [2.24, 2.45) is 11.7 Å². The number of hydrogen-bond donors (Lipinski definition) is 2. The summed E-state index contributed by atoms with van der Waals surface area (Å²) in [5.41, 5.74) is 5.86. The molecule has 1 heterocycles. The number of nitrogens with two attached hydrogens (primary N) is 1. The molecule has 0 spiro atoms. The van der Waals surface area contributed by atoms with Crippen LogP contribution in [0.5, 0.6) is 0 Å². The molecular weight excluding hydrogens is 162 g/mol. The number of hydrogen-bond acceptors (Lipinski definition) is 3. The first kappa shape index (κ1) is 8.75. The highest BCUT2D eigenvalue weighted by atomic mass is 32.2. The Hall–Kier alpha value is 0.660. The minimum absolute atomic E-state index is 0.337. The average molecular weight is 177 g/mol. The predicted octanol–water partition coefficient (Wildman–Crippen LogP) is 1.39. The van der Waals surface area contributed by atoms with E-state index >= 15 is 0 Å². The van der Waals surface area contributed by atoms with E-state index in [1.165, 1.54) is 24.3 Å². The van der Waals surface area contributed by atoms with Crippen molar-refractivity contribution < 1.29 is 0 Å². The zero-order valence-electron chi connectivity index (χ0n) is 6.12. The van der Waals surface area contributed by atoms with Crippen LogP contribution in [0.15, 0.2) is 0 Å². The lowest BCUT2D eigenvalue weighted by molar-refractivity contribution is 0.420. The molecule has 0 amide bonds. The van der Waals surface area contributed by atoms with Crippen molar-refractivity contribution >= 4 is 24.4 Å². The van der Waals surface area contributed by atoms with Gasteiger partial charge in [-0.25, -0.2) is 0 Å². The van der Waals surface area contributed by atoms with Gasteiger partial charge in [-0.05, 0) is 30.3 Å². The van der Waals surface area contributed by atoms with Gasteiger partial charge < -0.3 is 5.73 Å². The van der Waals surface area contributed by atoms with Crippen LogP contribution in [0.1, 0.15) is 12.8 Å². The van der Waals surface area contributed by atoms with Gasteiger partial charge in [0.25, 0.3) is 0 Å². The third-order valence-corrected chi connectivity index (χ3v) is 3.55. The monoisotopic (exact) mass is 177 g/mol. The molecule has 1 nitrogen and oxygen atoms in total. The van der Waals surface area contributed by atoms with Crippen molar-refractivity contribution in [2.75, 3.05) is 17.3 Å². The molecule has 3 heteroatoms. The second-order valence-electron chi connectivity index (χ2n) is 2.80. The summed E-state index contributed by atoms with van der Waals surface area (Å²) >= 11 is 6.24. The van der Waals surface area contributed by atoms with Gasteiger partial charge in [0, 0.05) is 11.8 Å². The van der Waals surface area contributed by atoms with E-state index in [-0.39, 0.29) is 0 Å². The Morgan fingerprint density at radius 1 is 1.50 bits per heavy atom. The van der Waals surface area contributed by atoms with Crippen LogP contribution in [0.3, 0.4) is 0 Å². The predicted molar refractivity (Wildman–Crippen MR) is 51.9 cm³/mol. The lowest BCUT2D eigenvalue weighted by Gasteiger charge is -2.25. The highest BCUT2D eigenvalue weighted by Gasteiger charge is 2.18. The first-order chi connectivity index (χ1) is 4.84. The summed E-state index contributed by atoms with van der Waals surface area (Å²) in [5, 5.41) is 0. The minimum Gasteiger partial charge on any atom is -0.327 e. The summed E-state index contributed by atoms with van der Waals surface area (Å²) in [6, 6.07) is 0.337. The first-order valence-corrected chi connectivity index (χ1v) is 5.57. The standard InChI is InChI=1S/C7H15NS2/c8-7(5-9)6-1-3-10-4-2-6/h6-7,9H,1-5,8H2. The van der Waals surface area contributed by atoms with Crippen molar-refractivity contribution in [3.8, 4) is 0 Å². The van der Waals surface area contributed by atoms with Gasteiger partial charge in [-0.1, -0.05) is 0 Å². The largest absolute Gasteiger partial charge is 0.327 e. The molecule has 2 N–H and O–H groups in total. The molecule has 1 aliphatic rings. The highest BCUT2D eigenvalue weighted by molar-refractivity contribution is 7.99. The summed E-state index contributed by atoms with van der Waals surface area (Å²) in [6.45, 7) is 0. The van der Waals surface area contributed by atoms with Gasteiger partial charge in [-0.3, -0.25) is 0 Å². The smallest absolute Gasteiger partial charge is 0.0157 e. The summed E-state index contributed by atoms with van der Waals surface area (Å²) in [4.78, 5) is 0. The Labute approximate surface area is 72.5 Å². The van der Waals surface area contributed by atoms with E-state index in [1.807, 2.05) is 11.8 Å². The fourth-order valence-electron chi connectivity index (χ4n) is 1.29. The third kappa shape index (κ3) is 2.36. The Morgan fingerprint density at radius 3 is 2.60 bits per heavy atom. The zero-order chi connectivity index (χ0) is 7.40. The van der Waals surface area contributed by atoms with E-state index in [2.05, 4.69) is 12.6 Å². The van der Waals surface area contributed by atoms with Crippen LogP contribution in [0, 0.1) is 5.92 Å². The van der Waals surface area contributed by atoms with Gasteiger partial charge in [0.15, 0.2) is 0 Å². The normalized spacial score (nSPS) is 24.6. The van der Waals surface area contributed by atoms with Crippen LogP contribution in [-0.4, -0.2) is 23.3 Å². The summed E-state index contributed by atoms with van der Waals surface area (Å²) in [5.74, 6) is 4.19. The highest BCUT2D eigenvalue weighted by Crippen LogP contribution is 2.24. The number of thioether (sulfide) groups is 1. The summed E-state index contributed by atoms with van der Waals surface area (Å²) < 4.78 is 0. The van der Waals surface area contributed by atoms with Crippen LogP contribution < -0.4 is 5.73 Å². The molecule has 1 fully saturated rings. The molecule has 0 aromatic heterocycles. The Kier molecular flexibility index (Phi) is 3.96. The molecule has 0 aromatic rings. The number of rotatable bonds is 2. The fraction of sp³-hybridized carbons (Fsp3) is 1.00. The zero-order valence-corrected chi connectivity index (χ0v) is 7.83. The van der Waals surface area contributed by atoms with Crippen LogP contribution in [0.2, 0.25) is 0 Å². The molecule has 60 valence electrons.